The Balaban J connectivity index is 1.80. The minimum absolute atomic E-state index is 0.0436. The molecular formula is C21H18N2O8. The molecule has 0 aromatic heterocycles. The van der Waals surface area contributed by atoms with Crippen LogP contribution in [-0.4, -0.2) is 52.2 Å². The van der Waals surface area contributed by atoms with Crippen molar-refractivity contribution in [1.29, 1.82) is 0 Å². The number of aromatic carboxylic acids is 1. The molecule has 2 aliphatic rings. The van der Waals surface area contributed by atoms with Crippen LogP contribution < -0.4 is 15.0 Å². The zero-order valence-electron chi connectivity index (χ0n) is 16.2. The molecule has 0 spiro atoms. The number of amides is 2. The lowest BCUT2D eigenvalue weighted by Crippen LogP contribution is -2.43. The van der Waals surface area contributed by atoms with Crippen molar-refractivity contribution < 1.29 is 39.2 Å². The van der Waals surface area contributed by atoms with Crippen molar-refractivity contribution in [3.05, 3.63) is 53.6 Å². The van der Waals surface area contributed by atoms with E-state index in [0.717, 1.165) is 4.90 Å². The van der Waals surface area contributed by atoms with Crippen molar-refractivity contribution in [3.63, 3.8) is 0 Å². The standard InChI is InChI=1S/C21H18N2O8/c1-31-12-7-3-6-11(17(12)24)15-13-14(16(22-15)21(29)30)19(26)23(18(13)25)10-5-2-4-9(8-10)20(27)28/h2-8,13-16,22,24H,1H3,(H,27,28)(H,29,30)/t13-,14-,15-,16-/m0/s1. The van der Waals surface area contributed by atoms with Gasteiger partial charge in [-0.05, 0) is 24.3 Å². The minimum Gasteiger partial charge on any atom is -0.504 e. The number of fused-ring (bicyclic) bond motifs is 1. The molecule has 31 heavy (non-hydrogen) atoms. The average Bonchev–Trinajstić information content (AvgIpc) is 3.25. The summed E-state index contributed by atoms with van der Waals surface area (Å²) in [4.78, 5) is 50.4. The highest BCUT2D eigenvalue weighted by molar-refractivity contribution is 6.24. The Morgan fingerprint density at radius 2 is 1.71 bits per heavy atom. The number of nitrogens with zero attached hydrogens (tertiary/aromatic N) is 1. The fourth-order valence-corrected chi connectivity index (χ4v) is 4.31. The number of carbonyl (C=O) groups is 4. The Hall–Kier alpha value is -3.92. The number of carboxylic acids is 2. The number of carboxylic acid groups (broad SMARTS) is 2. The average molecular weight is 426 g/mol. The number of aromatic hydroxyl groups is 1. The molecule has 2 aromatic carbocycles. The maximum Gasteiger partial charge on any atom is 0.335 e. The fourth-order valence-electron chi connectivity index (χ4n) is 4.31. The molecular weight excluding hydrogens is 408 g/mol. The van der Waals surface area contributed by atoms with E-state index in [0.29, 0.717) is 0 Å². The van der Waals surface area contributed by atoms with E-state index < -0.39 is 47.7 Å². The molecule has 0 aliphatic carbocycles. The molecule has 0 unspecified atom stereocenters. The van der Waals surface area contributed by atoms with Crippen molar-refractivity contribution in [3.8, 4) is 11.5 Å². The summed E-state index contributed by atoms with van der Waals surface area (Å²) in [5, 5.41) is 32.2. The van der Waals surface area contributed by atoms with Crippen molar-refractivity contribution in [1.82, 2.24) is 5.32 Å². The molecule has 2 amide bonds. The summed E-state index contributed by atoms with van der Waals surface area (Å²) in [6, 6.07) is 7.56. The molecule has 2 aromatic rings. The second-order valence-corrected chi connectivity index (χ2v) is 7.28. The Morgan fingerprint density at radius 3 is 2.35 bits per heavy atom. The van der Waals surface area contributed by atoms with Crippen LogP contribution in [0.4, 0.5) is 5.69 Å². The largest absolute Gasteiger partial charge is 0.504 e. The number of hydrogen-bond donors (Lipinski definition) is 4. The molecule has 10 nitrogen and oxygen atoms in total. The summed E-state index contributed by atoms with van der Waals surface area (Å²) in [5.74, 6) is -6.44. The van der Waals surface area contributed by atoms with E-state index in [1.165, 1.54) is 43.5 Å². The first-order valence-electron chi connectivity index (χ1n) is 9.32. The van der Waals surface area contributed by atoms with Crippen molar-refractivity contribution in [2.24, 2.45) is 11.8 Å². The molecule has 4 atom stereocenters. The van der Waals surface area contributed by atoms with Crippen LogP contribution in [-0.2, 0) is 14.4 Å². The number of anilines is 1. The summed E-state index contributed by atoms with van der Waals surface area (Å²) in [6.07, 6.45) is 0. The third-order valence-corrected chi connectivity index (χ3v) is 5.68. The predicted octanol–water partition coefficient (Wildman–Crippen LogP) is 1.00. The number of methoxy groups -OCH3 is 1. The van der Waals surface area contributed by atoms with Crippen molar-refractivity contribution in [2.75, 3.05) is 12.0 Å². The number of nitrogens with one attached hydrogen (secondary N) is 1. The van der Waals surface area contributed by atoms with Gasteiger partial charge >= 0.3 is 11.9 Å². The summed E-state index contributed by atoms with van der Waals surface area (Å²) in [7, 11) is 1.35. The maximum absolute atomic E-state index is 13.3. The highest BCUT2D eigenvalue weighted by Crippen LogP contribution is 2.48. The monoisotopic (exact) mass is 426 g/mol. The van der Waals surface area contributed by atoms with Crippen LogP contribution in [0.2, 0.25) is 0 Å². The van der Waals surface area contributed by atoms with Gasteiger partial charge in [0.2, 0.25) is 11.8 Å². The number of phenolic OH excluding ortho intramolecular Hbond substituents is 1. The van der Waals surface area contributed by atoms with Gasteiger partial charge < -0.3 is 20.1 Å². The second-order valence-electron chi connectivity index (χ2n) is 7.28. The molecule has 4 N–H and O–H groups in total. The number of rotatable bonds is 5. The number of hydrogen-bond acceptors (Lipinski definition) is 7. The summed E-state index contributed by atoms with van der Waals surface area (Å²) in [6.45, 7) is 0. The number of benzene rings is 2. The highest BCUT2D eigenvalue weighted by atomic mass is 16.5. The van der Waals surface area contributed by atoms with E-state index in [1.54, 1.807) is 6.07 Å². The predicted molar refractivity (Wildman–Crippen MR) is 105 cm³/mol. The number of para-hydroxylation sites is 1. The topological polar surface area (TPSA) is 153 Å². The third kappa shape index (κ3) is 3.08. The molecule has 2 heterocycles. The lowest BCUT2D eigenvalue weighted by molar-refractivity contribution is -0.142. The van der Waals surface area contributed by atoms with E-state index in [1.807, 2.05) is 0 Å². The Bertz CT molecular complexity index is 1110. The zero-order valence-corrected chi connectivity index (χ0v) is 16.2. The van der Waals surface area contributed by atoms with E-state index in [2.05, 4.69) is 5.32 Å². The lowest BCUT2D eigenvalue weighted by Gasteiger charge is -2.22. The van der Waals surface area contributed by atoms with Crippen LogP contribution >= 0.6 is 0 Å². The number of imide groups is 1. The quantitative estimate of drug-likeness (QED) is 0.513. The Labute approximate surface area is 175 Å². The minimum atomic E-state index is -1.37. The lowest BCUT2D eigenvalue weighted by atomic mass is 9.86. The molecule has 160 valence electrons. The molecule has 2 aliphatic heterocycles. The van der Waals surface area contributed by atoms with E-state index >= 15 is 0 Å². The summed E-state index contributed by atoms with van der Waals surface area (Å²) in [5.41, 5.74) is 0.146. The second kappa shape index (κ2) is 7.40. The van der Waals surface area contributed by atoms with Crippen LogP contribution in [0.5, 0.6) is 11.5 Å². The summed E-state index contributed by atoms with van der Waals surface area (Å²) >= 11 is 0. The third-order valence-electron chi connectivity index (χ3n) is 5.68. The first-order chi connectivity index (χ1) is 14.8. The van der Waals surface area contributed by atoms with Crippen molar-refractivity contribution in [2.45, 2.75) is 12.1 Å². The van der Waals surface area contributed by atoms with Crippen LogP contribution in [0.15, 0.2) is 42.5 Å². The van der Waals surface area contributed by atoms with Gasteiger partial charge in [-0.15, -0.1) is 0 Å². The maximum atomic E-state index is 13.3. The van der Waals surface area contributed by atoms with Crippen LogP contribution in [0, 0.1) is 11.8 Å². The van der Waals surface area contributed by atoms with Gasteiger partial charge in [0.1, 0.15) is 6.04 Å². The fraction of sp³-hybridized carbons (Fsp3) is 0.238. The highest BCUT2D eigenvalue weighted by Gasteiger charge is 2.61. The van der Waals surface area contributed by atoms with Crippen LogP contribution in [0.25, 0.3) is 0 Å². The number of carbonyl (C=O) groups excluding carboxylic acids is 2. The molecule has 0 saturated carbocycles. The van der Waals surface area contributed by atoms with Gasteiger partial charge in [-0.2, -0.15) is 0 Å². The number of phenols is 1. The Morgan fingerprint density at radius 1 is 1.03 bits per heavy atom. The van der Waals surface area contributed by atoms with E-state index in [4.69, 9.17) is 4.74 Å². The first kappa shape index (κ1) is 20.4. The van der Waals surface area contributed by atoms with Crippen molar-refractivity contribution >= 4 is 29.4 Å². The van der Waals surface area contributed by atoms with Gasteiger partial charge in [0, 0.05) is 11.6 Å². The first-order valence-corrected chi connectivity index (χ1v) is 9.32. The van der Waals surface area contributed by atoms with Gasteiger partial charge in [0.05, 0.1) is 30.2 Å². The SMILES string of the molecule is COc1cccc([C@@H]2N[C@H](C(=O)O)[C@H]3C(=O)N(c4cccc(C(=O)O)c4)C(=O)[C@@H]32)c1O. The normalized spacial score (nSPS) is 24.9. The van der Waals surface area contributed by atoms with Crippen LogP contribution in [0.1, 0.15) is 22.0 Å². The van der Waals surface area contributed by atoms with Crippen LogP contribution in [0.3, 0.4) is 0 Å². The molecule has 2 saturated heterocycles. The van der Waals surface area contributed by atoms with Gasteiger partial charge in [-0.3, -0.25) is 19.7 Å². The number of ether oxygens (including phenoxy) is 1. The van der Waals surface area contributed by atoms with Gasteiger partial charge in [0.25, 0.3) is 0 Å². The van der Waals surface area contributed by atoms with Gasteiger partial charge in [0.15, 0.2) is 11.5 Å². The molecule has 0 radical (unpaired) electrons. The van der Waals surface area contributed by atoms with E-state index in [-0.39, 0.29) is 28.3 Å². The Kier molecular flexibility index (Phi) is 4.86. The zero-order chi connectivity index (χ0) is 22.4. The van der Waals surface area contributed by atoms with Gasteiger partial charge in [-0.25, -0.2) is 9.69 Å². The molecule has 2 fully saturated rings. The van der Waals surface area contributed by atoms with Gasteiger partial charge in [-0.1, -0.05) is 18.2 Å². The van der Waals surface area contributed by atoms with E-state index in [9.17, 15) is 34.5 Å². The smallest absolute Gasteiger partial charge is 0.335 e. The summed E-state index contributed by atoms with van der Waals surface area (Å²) < 4.78 is 5.09. The molecule has 0 bridgehead atoms. The number of aliphatic carboxylic acids is 1. The molecule has 4 rings (SSSR count). The molecule has 10 heteroatoms.